The molecule has 2 N–H and O–H groups in total. The first-order valence-electron chi connectivity index (χ1n) is 2.90. The van der Waals surface area contributed by atoms with Crippen LogP contribution >= 0.6 is 0 Å². The van der Waals surface area contributed by atoms with Crippen molar-refractivity contribution >= 4 is 0 Å². The largest absolute Gasteiger partial charge is 0.402 e. The van der Waals surface area contributed by atoms with Crippen LogP contribution in [0.1, 0.15) is 13.8 Å². The average Bonchev–Trinajstić information content (AvgIpc) is 1.83. The van der Waals surface area contributed by atoms with E-state index in [1.54, 1.807) is 6.08 Å². The van der Waals surface area contributed by atoms with Crippen molar-refractivity contribution < 1.29 is 0 Å². The van der Waals surface area contributed by atoms with E-state index >= 15 is 0 Å². The van der Waals surface area contributed by atoms with Crippen LogP contribution in [0.5, 0.6) is 0 Å². The highest BCUT2D eigenvalue weighted by Gasteiger charge is 1.75. The van der Waals surface area contributed by atoms with Crippen molar-refractivity contribution in [3.05, 3.63) is 36.1 Å². The van der Waals surface area contributed by atoms with Gasteiger partial charge in [-0.1, -0.05) is 24.3 Å². The molecule has 1 heteroatoms. The van der Waals surface area contributed by atoms with Gasteiger partial charge < -0.3 is 5.73 Å². The SMILES string of the molecule is C=C/C(C)=C\C=C(\C)N. The Morgan fingerprint density at radius 2 is 1.89 bits per heavy atom. The van der Waals surface area contributed by atoms with Crippen molar-refractivity contribution in [3.63, 3.8) is 0 Å². The van der Waals surface area contributed by atoms with Crippen LogP contribution in [0.3, 0.4) is 0 Å². The van der Waals surface area contributed by atoms with Crippen molar-refractivity contribution in [2.45, 2.75) is 13.8 Å². The third-order valence-corrected chi connectivity index (χ3v) is 0.931. The molecule has 0 aliphatic carbocycles. The maximum absolute atomic E-state index is 5.38. The summed E-state index contributed by atoms with van der Waals surface area (Å²) in [7, 11) is 0. The number of nitrogens with two attached hydrogens (primary N) is 1. The highest BCUT2D eigenvalue weighted by atomic mass is 14.5. The molecular weight excluding hydrogens is 110 g/mol. The molecule has 50 valence electrons. The van der Waals surface area contributed by atoms with E-state index in [-0.39, 0.29) is 0 Å². The molecule has 0 saturated heterocycles. The Labute approximate surface area is 56.6 Å². The molecule has 0 saturated carbocycles. The lowest BCUT2D eigenvalue weighted by Crippen LogP contribution is -1.87. The van der Waals surface area contributed by atoms with Crippen molar-refractivity contribution in [1.29, 1.82) is 0 Å². The molecule has 0 heterocycles. The molecule has 0 aromatic carbocycles. The van der Waals surface area contributed by atoms with Gasteiger partial charge in [0.1, 0.15) is 0 Å². The molecule has 0 spiro atoms. The lowest BCUT2D eigenvalue weighted by atomic mass is 10.2. The van der Waals surface area contributed by atoms with E-state index in [0.717, 1.165) is 11.3 Å². The minimum absolute atomic E-state index is 0.816. The van der Waals surface area contributed by atoms with E-state index in [4.69, 9.17) is 5.73 Å². The maximum Gasteiger partial charge on any atom is 0.00489 e. The first kappa shape index (κ1) is 8.02. The maximum atomic E-state index is 5.38. The average molecular weight is 123 g/mol. The fraction of sp³-hybridized carbons (Fsp3) is 0.250. The molecule has 0 aliphatic heterocycles. The van der Waals surface area contributed by atoms with Crippen LogP contribution in [0.15, 0.2) is 36.1 Å². The predicted octanol–water partition coefficient (Wildman–Crippen LogP) is 1.98. The van der Waals surface area contributed by atoms with Gasteiger partial charge in [0.25, 0.3) is 0 Å². The minimum Gasteiger partial charge on any atom is -0.402 e. The zero-order chi connectivity index (χ0) is 7.28. The molecule has 0 radical (unpaired) electrons. The van der Waals surface area contributed by atoms with Gasteiger partial charge in [0, 0.05) is 5.70 Å². The minimum atomic E-state index is 0.816. The van der Waals surface area contributed by atoms with E-state index < -0.39 is 0 Å². The molecule has 0 fully saturated rings. The Balaban J connectivity index is 3.98. The molecule has 0 amide bonds. The molecule has 0 unspecified atom stereocenters. The second-order valence-electron chi connectivity index (χ2n) is 2.03. The van der Waals surface area contributed by atoms with Gasteiger partial charge in [-0.3, -0.25) is 0 Å². The fourth-order valence-electron chi connectivity index (χ4n) is 0.331. The summed E-state index contributed by atoms with van der Waals surface area (Å²) < 4.78 is 0. The zero-order valence-corrected chi connectivity index (χ0v) is 6.02. The summed E-state index contributed by atoms with van der Waals surface area (Å²) in [4.78, 5) is 0. The van der Waals surface area contributed by atoms with Gasteiger partial charge in [-0.25, -0.2) is 0 Å². The molecule has 0 atom stereocenters. The molecule has 0 aromatic rings. The number of hydrogen-bond donors (Lipinski definition) is 1. The van der Waals surface area contributed by atoms with Gasteiger partial charge in [-0.05, 0) is 19.9 Å². The summed E-state index contributed by atoms with van der Waals surface area (Å²) in [5.74, 6) is 0. The fourth-order valence-corrected chi connectivity index (χ4v) is 0.331. The molecular formula is C8H13N. The summed E-state index contributed by atoms with van der Waals surface area (Å²) in [6.45, 7) is 7.43. The zero-order valence-electron chi connectivity index (χ0n) is 6.02. The Morgan fingerprint density at radius 3 is 2.22 bits per heavy atom. The predicted molar refractivity (Wildman–Crippen MR) is 41.9 cm³/mol. The lowest BCUT2D eigenvalue weighted by Gasteiger charge is -1.86. The standard InChI is InChI=1S/C8H13N/c1-4-7(2)5-6-8(3)9/h4-6H,1,9H2,2-3H3/b7-5-,8-6-. The van der Waals surface area contributed by atoms with Gasteiger partial charge >= 0.3 is 0 Å². The molecule has 0 bridgehead atoms. The summed E-state index contributed by atoms with van der Waals surface area (Å²) in [6, 6.07) is 0. The molecule has 1 nitrogen and oxygen atoms in total. The van der Waals surface area contributed by atoms with Gasteiger partial charge in [0.15, 0.2) is 0 Å². The van der Waals surface area contributed by atoms with Gasteiger partial charge in [-0.15, -0.1) is 0 Å². The van der Waals surface area contributed by atoms with E-state index in [9.17, 15) is 0 Å². The van der Waals surface area contributed by atoms with E-state index in [1.807, 2.05) is 26.0 Å². The van der Waals surface area contributed by atoms with Crippen molar-refractivity contribution in [2.75, 3.05) is 0 Å². The summed E-state index contributed by atoms with van der Waals surface area (Å²) in [5.41, 5.74) is 7.32. The third kappa shape index (κ3) is 4.88. The van der Waals surface area contributed by atoms with E-state index in [0.29, 0.717) is 0 Å². The summed E-state index contributed by atoms with van der Waals surface area (Å²) in [5, 5.41) is 0. The molecule has 0 rings (SSSR count). The Kier molecular flexibility index (Phi) is 3.52. The van der Waals surface area contributed by atoms with Crippen LogP contribution in [0.4, 0.5) is 0 Å². The third-order valence-electron chi connectivity index (χ3n) is 0.931. The van der Waals surface area contributed by atoms with Crippen LogP contribution in [-0.2, 0) is 0 Å². The second kappa shape index (κ2) is 3.96. The van der Waals surface area contributed by atoms with E-state index in [1.165, 1.54) is 0 Å². The topological polar surface area (TPSA) is 26.0 Å². The van der Waals surface area contributed by atoms with Crippen molar-refractivity contribution in [1.82, 2.24) is 0 Å². The van der Waals surface area contributed by atoms with Crippen LogP contribution in [0.2, 0.25) is 0 Å². The van der Waals surface area contributed by atoms with Crippen LogP contribution in [-0.4, -0.2) is 0 Å². The van der Waals surface area contributed by atoms with Crippen LogP contribution in [0, 0.1) is 0 Å². The van der Waals surface area contributed by atoms with Crippen molar-refractivity contribution in [2.24, 2.45) is 5.73 Å². The molecule has 9 heavy (non-hydrogen) atoms. The van der Waals surface area contributed by atoms with Gasteiger partial charge in [0.05, 0.1) is 0 Å². The summed E-state index contributed by atoms with van der Waals surface area (Å²) >= 11 is 0. The Bertz CT molecular complexity index is 148. The quantitative estimate of drug-likeness (QED) is 0.558. The highest BCUT2D eigenvalue weighted by molar-refractivity contribution is 5.20. The molecule has 0 aromatic heterocycles. The number of allylic oxidation sites excluding steroid dienone is 5. The van der Waals surface area contributed by atoms with Crippen molar-refractivity contribution in [3.8, 4) is 0 Å². The van der Waals surface area contributed by atoms with Crippen LogP contribution in [0.25, 0.3) is 0 Å². The van der Waals surface area contributed by atoms with E-state index in [2.05, 4.69) is 6.58 Å². The first-order chi connectivity index (χ1) is 4.16. The smallest absolute Gasteiger partial charge is 0.00489 e. The monoisotopic (exact) mass is 123 g/mol. The number of hydrogen-bond acceptors (Lipinski definition) is 1. The van der Waals surface area contributed by atoms with Gasteiger partial charge in [0.2, 0.25) is 0 Å². The molecule has 0 aliphatic rings. The normalized spacial score (nSPS) is 13.6. The highest BCUT2D eigenvalue weighted by Crippen LogP contribution is 1.93. The summed E-state index contributed by atoms with van der Waals surface area (Å²) in [6.07, 6.45) is 5.58. The lowest BCUT2D eigenvalue weighted by molar-refractivity contribution is 1.31. The van der Waals surface area contributed by atoms with Crippen LogP contribution < -0.4 is 5.73 Å². The first-order valence-corrected chi connectivity index (χ1v) is 2.90. The Morgan fingerprint density at radius 1 is 1.33 bits per heavy atom. The second-order valence-corrected chi connectivity index (χ2v) is 2.03. The van der Waals surface area contributed by atoms with Gasteiger partial charge in [-0.2, -0.15) is 0 Å². The Hall–Kier alpha value is -0.980. The number of rotatable bonds is 2.